The molecule has 2 aromatic heterocycles. The van der Waals surface area contributed by atoms with Crippen molar-refractivity contribution in [2.75, 3.05) is 26.2 Å². The maximum absolute atomic E-state index is 12.7. The summed E-state index contributed by atoms with van der Waals surface area (Å²) in [5.41, 5.74) is 0. The lowest BCUT2D eigenvalue weighted by atomic mass is 10.2. The molecule has 0 saturated carbocycles. The predicted octanol–water partition coefficient (Wildman–Crippen LogP) is 2.30. The van der Waals surface area contributed by atoms with E-state index in [9.17, 15) is 4.79 Å². The monoisotopic (exact) mass is 336 g/mol. The summed E-state index contributed by atoms with van der Waals surface area (Å²) in [7, 11) is 0. The number of rotatable bonds is 4. The Morgan fingerprint density at radius 2 is 2.23 bits per heavy atom. The molecule has 1 aliphatic heterocycles. The molecule has 1 aliphatic rings. The number of nitrogens with zero attached hydrogens (tertiary/aromatic N) is 3. The van der Waals surface area contributed by atoms with Crippen molar-refractivity contribution in [3.8, 4) is 0 Å². The number of piperazine rings is 1. The van der Waals surface area contributed by atoms with Crippen LogP contribution >= 0.6 is 23.1 Å². The van der Waals surface area contributed by atoms with Crippen LogP contribution in [-0.2, 0) is 4.79 Å². The van der Waals surface area contributed by atoms with Crippen molar-refractivity contribution < 1.29 is 4.79 Å². The molecular formula is C15H20N4OS2. The molecule has 1 amide bonds. The zero-order valence-electron chi connectivity index (χ0n) is 12.8. The zero-order valence-corrected chi connectivity index (χ0v) is 14.5. The van der Waals surface area contributed by atoms with Gasteiger partial charge >= 0.3 is 0 Å². The first kappa shape index (κ1) is 15.7. The van der Waals surface area contributed by atoms with E-state index in [2.05, 4.69) is 35.2 Å². The fourth-order valence-corrected chi connectivity index (χ4v) is 4.57. The van der Waals surface area contributed by atoms with Crippen molar-refractivity contribution in [2.45, 2.75) is 30.5 Å². The molecule has 0 radical (unpaired) electrons. The van der Waals surface area contributed by atoms with Crippen LogP contribution in [0.1, 0.15) is 18.2 Å². The largest absolute Gasteiger partial charge is 0.339 e. The quantitative estimate of drug-likeness (QED) is 0.686. The van der Waals surface area contributed by atoms with Crippen LogP contribution in [0, 0.1) is 6.92 Å². The molecule has 1 saturated heterocycles. The van der Waals surface area contributed by atoms with Crippen molar-refractivity contribution in [1.29, 1.82) is 0 Å². The molecule has 22 heavy (non-hydrogen) atoms. The lowest BCUT2D eigenvalue weighted by molar-refractivity contribution is -0.131. The van der Waals surface area contributed by atoms with Gasteiger partial charge in [0.25, 0.3) is 0 Å². The molecule has 3 heterocycles. The Morgan fingerprint density at radius 3 is 2.95 bits per heavy atom. The molecule has 5 nitrogen and oxygen atoms in total. The summed E-state index contributed by atoms with van der Waals surface area (Å²) in [6, 6.07) is 2.12. The summed E-state index contributed by atoms with van der Waals surface area (Å²) < 4.78 is 0. The predicted molar refractivity (Wildman–Crippen MR) is 91.5 cm³/mol. The van der Waals surface area contributed by atoms with E-state index in [4.69, 9.17) is 0 Å². The van der Waals surface area contributed by atoms with E-state index in [0.29, 0.717) is 0 Å². The molecule has 0 aliphatic carbocycles. The van der Waals surface area contributed by atoms with Crippen molar-refractivity contribution in [3.63, 3.8) is 0 Å². The van der Waals surface area contributed by atoms with Crippen LogP contribution in [0.3, 0.4) is 0 Å². The molecule has 3 rings (SSSR count). The Morgan fingerprint density at radius 1 is 1.45 bits per heavy atom. The Kier molecular flexibility index (Phi) is 4.95. The molecule has 118 valence electrons. The molecule has 1 unspecified atom stereocenters. The molecule has 0 spiro atoms. The van der Waals surface area contributed by atoms with Crippen LogP contribution in [0.2, 0.25) is 0 Å². The summed E-state index contributed by atoms with van der Waals surface area (Å²) in [5.74, 6) is 0.229. The average molecular weight is 336 g/mol. The maximum Gasteiger partial charge on any atom is 0.236 e. The molecule has 1 fully saturated rings. The van der Waals surface area contributed by atoms with Gasteiger partial charge in [-0.05, 0) is 19.4 Å². The molecule has 0 bridgehead atoms. The second kappa shape index (κ2) is 6.93. The molecule has 2 aromatic rings. The van der Waals surface area contributed by atoms with Gasteiger partial charge in [0.1, 0.15) is 16.2 Å². The van der Waals surface area contributed by atoms with Crippen molar-refractivity contribution >= 4 is 39.2 Å². The van der Waals surface area contributed by atoms with Crippen LogP contribution in [-0.4, -0.2) is 52.2 Å². The van der Waals surface area contributed by atoms with Gasteiger partial charge in [-0.3, -0.25) is 4.79 Å². The second-order valence-electron chi connectivity index (χ2n) is 5.34. The number of thioether (sulfide) groups is 1. The lowest BCUT2D eigenvalue weighted by Gasteiger charge is -2.30. The SMILES string of the molecule is CCC(Sc1ncnc2sc(C)cc12)C(=O)N1CCNCC1. The normalized spacial score (nSPS) is 16.9. The highest BCUT2D eigenvalue weighted by Crippen LogP contribution is 2.33. The summed E-state index contributed by atoms with van der Waals surface area (Å²) in [4.78, 5) is 25.6. The van der Waals surface area contributed by atoms with E-state index in [1.807, 2.05) is 4.90 Å². The highest BCUT2D eigenvalue weighted by Gasteiger charge is 2.26. The number of carbonyl (C=O) groups is 1. The van der Waals surface area contributed by atoms with Crippen LogP contribution in [0.4, 0.5) is 0 Å². The minimum atomic E-state index is -0.0728. The highest BCUT2D eigenvalue weighted by molar-refractivity contribution is 8.00. The smallest absolute Gasteiger partial charge is 0.236 e. The van der Waals surface area contributed by atoms with Gasteiger partial charge in [-0.2, -0.15) is 0 Å². The molecule has 1 N–H and O–H groups in total. The van der Waals surface area contributed by atoms with Crippen LogP contribution in [0.5, 0.6) is 0 Å². The van der Waals surface area contributed by atoms with Crippen LogP contribution in [0.15, 0.2) is 17.4 Å². The highest BCUT2D eigenvalue weighted by atomic mass is 32.2. The average Bonchev–Trinajstić information content (AvgIpc) is 2.93. The first-order chi connectivity index (χ1) is 10.7. The van der Waals surface area contributed by atoms with Crippen molar-refractivity contribution in [3.05, 3.63) is 17.3 Å². The first-order valence-electron chi connectivity index (χ1n) is 7.56. The number of fused-ring (bicyclic) bond motifs is 1. The summed E-state index contributed by atoms with van der Waals surface area (Å²) in [6.45, 7) is 7.50. The molecule has 0 aromatic carbocycles. The Balaban J connectivity index is 1.80. The standard InChI is InChI=1S/C15H20N4OS2/c1-3-12(15(20)19-6-4-16-5-7-19)22-14-11-8-10(2)21-13(11)17-9-18-14/h8-9,12,16H,3-7H2,1-2H3. The van der Waals surface area contributed by atoms with Gasteiger partial charge in [0.05, 0.1) is 5.25 Å². The number of hydrogen-bond donors (Lipinski definition) is 1. The van der Waals surface area contributed by atoms with Gasteiger partial charge in [-0.15, -0.1) is 11.3 Å². The molecular weight excluding hydrogens is 316 g/mol. The fraction of sp³-hybridized carbons (Fsp3) is 0.533. The number of carbonyl (C=O) groups excluding carboxylic acids is 1. The number of hydrogen-bond acceptors (Lipinski definition) is 6. The minimum Gasteiger partial charge on any atom is -0.339 e. The zero-order chi connectivity index (χ0) is 15.5. The van der Waals surface area contributed by atoms with E-state index in [0.717, 1.165) is 47.8 Å². The molecule has 7 heteroatoms. The summed E-state index contributed by atoms with van der Waals surface area (Å²) >= 11 is 3.25. The third-order valence-electron chi connectivity index (χ3n) is 3.74. The first-order valence-corrected chi connectivity index (χ1v) is 9.26. The Labute approximate surface area is 138 Å². The van der Waals surface area contributed by atoms with Gasteiger partial charge in [-0.25, -0.2) is 9.97 Å². The van der Waals surface area contributed by atoms with Gasteiger partial charge in [0.15, 0.2) is 0 Å². The summed E-state index contributed by atoms with van der Waals surface area (Å²) in [6.07, 6.45) is 2.41. The summed E-state index contributed by atoms with van der Waals surface area (Å²) in [5, 5.41) is 5.20. The van der Waals surface area contributed by atoms with Crippen LogP contribution < -0.4 is 5.32 Å². The number of nitrogens with one attached hydrogen (secondary N) is 1. The van der Waals surface area contributed by atoms with Crippen LogP contribution in [0.25, 0.3) is 10.2 Å². The van der Waals surface area contributed by atoms with Crippen molar-refractivity contribution in [1.82, 2.24) is 20.2 Å². The third kappa shape index (κ3) is 3.26. The van der Waals surface area contributed by atoms with E-state index in [-0.39, 0.29) is 11.2 Å². The number of thiophene rings is 1. The van der Waals surface area contributed by atoms with Gasteiger partial charge in [0, 0.05) is 36.4 Å². The Bertz CT molecular complexity index is 667. The second-order valence-corrected chi connectivity index (χ2v) is 7.77. The van der Waals surface area contributed by atoms with E-state index >= 15 is 0 Å². The third-order valence-corrected chi connectivity index (χ3v) is 6.07. The van der Waals surface area contributed by atoms with Crippen molar-refractivity contribution in [2.24, 2.45) is 0 Å². The van der Waals surface area contributed by atoms with Gasteiger partial charge in [0.2, 0.25) is 5.91 Å². The minimum absolute atomic E-state index is 0.0728. The maximum atomic E-state index is 12.7. The Hall–Kier alpha value is -1.18. The van der Waals surface area contributed by atoms with E-state index in [1.54, 1.807) is 29.4 Å². The van der Waals surface area contributed by atoms with Gasteiger partial charge in [-0.1, -0.05) is 18.7 Å². The van der Waals surface area contributed by atoms with E-state index in [1.165, 1.54) is 4.88 Å². The lowest BCUT2D eigenvalue weighted by Crippen LogP contribution is -2.49. The number of amides is 1. The van der Waals surface area contributed by atoms with E-state index < -0.39 is 0 Å². The number of aromatic nitrogens is 2. The van der Waals surface area contributed by atoms with Gasteiger partial charge < -0.3 is 10.2 Å². The molecule has 1 atom stereocenters. The fourth-order valence-electron chi connectivity index (χ4n) is 2.58. The topological polar surface area (TPSA) is 58.1 Å². The number of aryl methyl sites for hydroxylation is 1.